The maximum atomic E-state index is 13.5. The fourth-order valence-corrected chi connectivity index (χ4v) is 1.87. The van der Waals surface area contributed by atoms with Crippen molar-refractivity contribution in [2.75, 3.05) is 5.32 Å². The van der Waals surface area contributed by atoms with Gasteiger partial charge in [0, 0.05) is 35.5 Å². The summed E-state index contributed by atoms with van der Waals surface area (Å²) in [6, 6.07) is 7.93. The summed E-state index contributed by atoms with van der Waals surface area (Å²) < 4.78 is 26.3. The Labute approximate surface area is 114 Å². The third-order valence-electron chi connectivity index (χ3n) is 2.99. The molecule has 0 aliphatic rings. The molecular weight excluding hydrogens is 266 g/mol. The topological polar surface area (TPSA) is 55.2 Å². The van der Waals surface area contributed by atoms with E-state index in [4.69, 9.17) is 0 Å². The Bertz CT molecular complexity index is 660. The van der Waals surface area contributed by atoms with Crippen LogP contribution in [0.3, 0.4) is 0 Å². The third kappa shape index (κ3) is 2.90. The van der Waals surface area contributed by atoms with E-state index in [2.05, 4.69) is 5.32 Å². The minimum atomic E-state index is -0.652. The minimum absolute atomic E-state index is 0.00502. The first-order valence-corrected chi connectivity index (χ1v) is 5.91. The Balaban J connectivity index is 2.19. The summed E-state index contributed by atoms with van der Waals surface area (Å²) in [6.45, 7) is 1.73. The highest BCUT2D eigenvalue weighted by atomic mass is 19.1. The van der Waals surface area contributed by atoms with Crippen molar-refractivity contribution in [3.8, 4) is 0 Å². The molecule has 0 spiro atoms. The van der Waals surface area contributed by atoms with Gasteiger partial charge >= 0.3 is 0 Å². The summed E-state index contributed by atoms with van der Waals surface area (Å²) in [5.74, 6) is -1.29. The van der Waals surface area contributed by atoms with Gasteiger partial charge in [-0.25, -0.2) is 8.78 Å². The standard InChI is InChI=1S/C14H12F2N2O2/c1-9-13(3-2-4-14(9)18(19)20)17-8-10-5-6-11(15)7-12(10)16/h2-7,17H,8H2,1H3. The molecule has 0 amide bonds. The Kier molecular flexibility index (Phi) is 3.93. The fourth-order valence-electron chi connectivity index (χ4n) is 1.87. The molecule has 0 aromatic heterocycles. The molecular formula is C14H12F2N2O2. The summed E-state index contributed by atoms with van der Waals surface area (Å²) in [5, 5.41) is 13.7. The molecule has 0 atom stereocenters. The molecule has 2 aromatic rings. The number of hydrogen-bond donors (Lipinski definition) is 1. The van der Waals surface area contributed by atoms with Crippen LogP contribution < -0.4 is 5.32 Å². The SMILES string of the molecule is Cc1c(NCc2ccc(F)cc2F)cccc1[N+](=O)[O-]. The van der Waals surface area contributed by atoms with Gasteiger partial charge in [0.25, 0.3) is 5.69 Å². The van der Waals surface area contributed by atoms with E-state index in [1.54, 1.807) is 19.1 Å². The van der Waals surface area contributed by atoms with Gasteiger partial charge in [0.15, 0.2) is 0 Å². The van der Waals surface area contributed by atoms with Crippen LogP contribution in [0.4, 0.5) is 20.2 Å². The van der Waals surface area contributed by atoms with Crippen LogP contribution in [0.1, 0.15) is 11.1 Å². The van der Waals surface area contributed by atoms with E-state index in [9.17, 15) is 18.9 Å². The molecule has 0 aliphatic carbocycles. The number of rotatable bonds is 4. The minimum Gasteiger partial charge on any atom is -0.380 e. The van der Waals surface area contributed by atoms with Crippen molar-refractivity contribution < 1.29 is 13.7 Å². The first kappa shape index (κ1) is 13.9. The van der Waals surface area contributed by atoms with Crippen molar-refractivity contribution in [3.05, 3.63) is 69.3 Å². The number of halogens is 2. The molecule has 0 heterocycles. The lowest BCUT2D eigenvalue weighted by molar-refractivity contribution is -0.385. The first-order chi connectivity index (χ1) is 9.49. The fraction of sp³-hybridized carbons (Fsp3) is 0.143. The maximum absolute atomic E-state index is 13.5. The monoisotopic (exact) mass is 278 g/mol. The van der Waals surface area contributed by atoms with Crippen LogP contribution in [0, 0.1) is 28.7 Å². The molecule has 2 aromatic carbocycles. The first-order valence-electron chi connectivity index (χ1n) is 5.91. The normalized spacial score (nSPS) is 10.3. The van der Waals surface area contributed by atoms with E-state index in [1.165, 1.54) is 18.2 Å². The Morgan fingerprint density at radius 2 is 2.00 bits per heavy atom. The summed E-state index contributed by atoms with van der Waals surface area (Å²) in [4.78, 5) is 10.3. The molecule has 0 radical (unpaired) electrons. The quantitative estimate of drug-likeness (QED) is 0.683. The van der Waals surface area contributed by atoms with E-state index in [0.717, 1.165) is 6.07 Å². The van der Waals surface area contributed by atoms with Crippen LogP contribution in [0.25, 0.3) is 0 Å². The van der Waals surface area contributed by atoms with Gasteiger partial charge in [-0.1, -0.05) is 12.1 Å². The smallest absolute Gasteiger partial charge is 0.274 e. The van der Waals surface area contributed by atoms with Crippen molar-refractivity contribution >= 4 is 11.4 Å². The molecule has 4 nitrogen and oxygen atoms in total. The summed E-state index contributed by atoms with van der Waals surface area (Å²) >= 11 is 0. The number of nitro groups is 1. The number of nitrogens with zero attached hydrogens (tertiary/aromatic N) is 1. The Morgan fingerprint density at radius 3 is 2.65 bits per heavy atom. The van der Waals surface area contributed by atoms with Crippen LogP contribution in [-0.4, -0.2) is 4.92 Å². The maximum Gasteiger partial charge on any atom is 0.274 e. The van der Waals surface area contributed by atoms with Crippen molar-refractivity contribution in [1.82, 2.24) is 0 Å². The van der Waals surface area contributed by atoms with Crippen LogP contribution in [0.15, 0.2) is 36.4 Å². The van der Waals surface area contributed by atoms with Crippen molar-refractivity contribution in [1.29, 1.82) is 0 Å². The van der Waals surface area contributed by atoms with Gasteiger partial charge in [-0.3, -0.25) is 10.1 Å². The van der Waals surface area contributed by atoms with Crippen LogP contribution in [0.2, 0.25) is 0 Å². The molecule has 2 rings (SSSR count). The molecule has 0 fully saturated rings. The molecule has 0 bridgehead atoms. The zero-order valence-corrected chi connectivity index (χ0v) is 10.7. The van der Waals surface area contributed by atoms with Gasteiger partial charge < -0.3 is 5.32 Å². The summed E-state index contributed by atoms with van der Waals surface area (Å²) in [6.07, 6.45) is 0. The molecule has 0 aliphatic heterocycles. The number of nitro benzene ring substituents is 1. The zero-order chi connectivity index (χ0) is 14.7. The molecule has 0 saturated carbocycles. The average molecular weight is 278 g/mol. The van der Waals surface area contributed by atoms with Crippen LogP contribution in [-0.2, 0) is 6.54 Å². The Morgan fingerprint density at radius 1 is 1.25 bits per heavy atom. The van der Waals surface area contributed by atoms with Gasteiger partial charge in [-0.2, -0.15) is 0 Å². The largest absolute Gasteiger partial charge is 0.380 e. The number of hydrogen-bond acceptors (Lipinski definition) is 3. The second-order valence-corrected chi connectivity index (χ2v) is 4.30. The zero-order valence-electron chi connectivity index (χ0n) is 10.7. The lowest BCUT2D eigenvalue weighted by atomic mass is 10.1. The third-order valence-corrected chi connectivity index (χ3v) is 2.99. The highest BCUT2D eigenvalue weighted by molar-refractivity contribution is 5.59. The van der Waals surface area contributed by atoms with Crippen molar-refractivity contribution in [2.24, 2.45) is 0 Å². The molecule has 0 saturated heterocycles. The van der Waals surface area contributed by atoms with Crippen molar-refractivity contribution in [3.63, 3.8) is 0 Å². The molecule has 1 N–H and O–H groups in total. The second kappa shape index (κ2) is 5.64. The van der Waals surface area contributed by atoms with Gasteiger partial charge in [0.2, 0.25) is 0 Å². The highest BCUT2D eigenvalue weighted by Crippen LogP contribution is 2.25. The molecule has 20 heavy (non-hydrogen) atoms. The Hall–Kier alpha value is -2.50. The molecule has 104 valence electrons. The van der Waals surface area contributed by atoms with Gasteiger partial charge in [-0.05, 0) is 19.1 Å². The lowest BCUT2D eigenvalue weighted by Crippen LogP contribution is -2.04. The van der Waals surface area contributed by atoms with E-state index >= 15 is 0 Å². The highest BCUT2D eigenvalue weighted by Gasteiger charge is 2.13. The van der Waals surface area contributed by atoms with E-state index in [0.29, 0.717) is 11.3 Å². The predicted octanol–water partition coefficient (Wildman–Crippen LogP) is 3.79. The van der Waals surface area contributed by atoms with Gasteiger partial charge in [-0.15, -0.1) is 0 Å². The summed E-state index contributed by atoms with van der Waals surface area (Å²) in [7, 11) is 0. The predicted molar refractivity (Wildman–Crippen MR) is 71.5 cm³/mol. The number of nitrogens with one attached hydrogen (secondary N) is 1. The summed E-state index contributed by atoms with van der Waals surface area (Å²) in [5.41, 5.74) is 1.30. The van der Waals surface area contributed by atoms with Gasteiger partial charge in [0.1, 0.15) is 11.6 Å². The van der Waals surface area contributed by atoms with Crippen LogP contribution in [0.5, 0.6) is 0 Å². The average Bonchev–Trinajstić information content (AvgIpc) is 2.39. The number of benzene rings is 2. The van der Waals surface area contributed by atoms with Crippen molar-refractivity contribution in [2.45, 2.75) is 13.5 Å². The number of anilines is 1. The molecule has 6 heteroatoms. The van der Waals surface area contributed by atoms with Crippen LogP contribution >= 0.6 is 0 Å². The van der Waals surface area contributed by atoms with E-state index < -0.39 is 16.6 Å². The second-order valence-electron chi connectivity index (χ2n) is 4.30. The van der Waals surface area contributed by atoms with E-state index in [-0.39, 0.29) is 17.8 Å². The van der Waals surface area contributed by atoms with E-state index in [1.807, 2.05) is 0 Å². The lowest BCUT2D eigenvalue weighted by Gasteiger charge is -2.10. The van der Waals surface area contributed by atoms with Gasteiger partial charge in [0.05, 0.1) is 4.92 Å². The molecule has 0 unspecified atom stereocenters.